The number of nitrogens with one attached hydrogen (secondary N) is 1. The second-order valence-corrected chi connectivity index (χ2v) is 4.95. The smallest absolute Gasteiger partial charge is 0.322 e. The fourth-order valence-electron chi connectivity index (χ4n) is 2.48. The third-order valence-corrected chi connectivity index (χ3v) is 3.51. The first kappa shape index (κ1) is 13.9. The van der Waals surface area contributed by atoms with Crippen LogP contribution in [-0.2, 0) is 9.53 Å². The van der Waals surface area contributed by atoms with Gasteiger partial charge >= 0.3 is 5.97 Å². The summed E-state index contributed by atoms with van der Waals surface area (Å²) in [5.74, 6) is 0.717. The number of aryl methyl sites for hydroxylation is 1. The van der Waals surface area contributed by atoms with E-state index in [0.717, 1.165) is 36.3 Å². The molecule has 1 aromatic rings. The summed E-state index contributed by atoms with van der Waals surface area (Å²) >= 11 is 0. The highest BCUT2D eigenvalue weighted by Crippen LogP contribution is 2.34. The van der Waals surface area contributed by atoms with Crippen molar-refractivity contribution in [3.05, 3.63) is 29.3 Å². The van der Waals surface area contributed by atoms with Gasteiger partial charge in [-0.15, -0.1) is 0 Å². The average Bonchev–Trinajstić information content (AvgIpc) is 2.62. The minimum absolute atomic E-state index is 0.131. The SMILES string of the molecule is COC(=O)[C@H](C)NC1CCCOc2c(C)cccc21. The van der Waals surface area contributed by atoms with Crippen LogP contribution in [0.1, 0.15) is 36.9 Å². The Labute approximate surface area is 114 Å². The van der Waals surface area contributed by atoms with E-state index in [1.54, 1.807) is 0 Å². The van der Waals surface area contributed by atoms with Crippen molar-refractivity contribution in [2.45, 2.75) is 38.8 Å². The molecule has 0 amide bonds. The van der Waals surface area contributed by atoms with Crippen LogP contribution in [0.2, 0.25) is 0 Å². The van der Waals surface area contributed by atoms with Crippen LogP contribution in [0, 0.1) is 6.92 Å². The third kappa shape index (κ3) is 3.07. The number of ether oxygens (including phenoxy) is 2. The van der Waals surface area contributed by atoms with Crippen molar-refractivity contribution >= 4 is 5.97 Å². The second-order valence-electron chi connectivity index (χ2n) is 4.95. The van der Waals surface area contributed by atoms with Gasteiger partial charge in [0.2, 0.25) is 0 Å². The lowest BCUT2D eigenvalue weighted by atomic mass is 9.99. The molecule has 104 valence electrons. The molecule has 4 nitrogen and oxygen atoms in total. The van der Waals surface area contributed by atoms with Crippen LogP contribution in [0.4, 0.5) is 0 Å². The van der Waals surface area contributed by atoms with Crippen LogP contribution >= 0.6 is 0 Å². The first-order valence-electron chi connectivity index (χ1n) is 6.69. The Morgan fingerprint density at radius 3 is 3.05 bits per heavy atom. The predicted molar refractivity (Wildman–Crippen MR) is 73.3 cm³/mol. The van der Waals surface area contributed by atoms with Gasteiger partial charge in [-0.1, -0.05) is 18.2 Å². The number of fused-ring (bicyclic) bond motifs is 1. The molecule has 0 spiro atoms. The van der Waals surface area contributed by atoms with Gasteiger partial charge in [0.15, 0.2) is 0 Å². The van der Waals surface area contributed by atoms with Crippen molar-refractivity contribution in [3.8, 4) is 5.75 Å². The Bertz CT molecular complexity index is 459. The van der Waals surface area contributed by atoms with Crippen molar-refractivity contribution in [2.75, 3.05) is 13.7 Å². The van der Waals surface area contributed by atoms with Gasteiger partial charge in [0.05, 0.1) is 13.7 Å². The summed E-state index contributed by atoms with van der Waals surface area (Å²) in [5.41, 5.74) is 2.27. The zero-order valence-corrected chi connectivity index (χ0v) is 11.7. The molecule has 0 aromatic heterocycles. The van der Waals surface area contributed by atoms with Crippen LogP contribution in [0.5, 0.6) is 5.75 Å². The Hall–Kier alpha value is -1.55. The van der Waals surface area contributed by atoms with E-state index < -0.39 is 0 Å². The highest BCUT2D eigenvalue weighted by Gasteiger charge is 2.24. The van der Waals surface area contributed by atoms with E-state index in [2.05, 4.69) is 11.4 Å². The molecule has 0 bridgehead atoms. The van der Waals surface area contributed by atoms with Gasteiger partial charge in [-0.3, -0.25) is 10.1 Å². The van der Waals surface area contributed by atoms with E-state index in [0.29, 0.717) is 0 Å². The molecular formula is C15H21NO3. The van der Waals surface area contributed by atoms with Gasteiger partial charge in [-0.2, -0.15) is 0 Å². The molecule has 1 aliphatic rings. The molecule has 1 heterocycles. The molecule has 1 aromatic carbocycles. The molecule has 1 aliphatic heterocycles. The van der Waals surface area contributed by atoms with Crippen LogP contribution in [-0.4, -0.2) is 25.7 Å². The first-order valence-corrected chi connectivity index (χ1v) is 6.69. The van der Waals surface area contributed by atoms with Gasteiger partial charge in [0, 0.05) is 11.6 Å². The summed E-state index contributed by atoms with van der Waals surface area (Å²) in [5, 5.41) is 3.34. The lowest BCUT2D eigenvalue weighted by Crippen LogP contribution is -2.37. The molecule has 0 fully saturated rings. The number of methoxy groups -OCH3 is 1. The largest absolute Gasteiger partial charge is 0.493 e. The number of rotatable bonds is 3. The molecule has 0 saturated carbocycles. The zero-order chi connectivity index (χ0) is 13.8. The van der Waals surface area contributed by atoms with Gasteiger partial charge in [0.1, 0.15) is 11.8 Å². The van der Waals surface area contributed by atoms with Gasteiger partial charge in [0.25, 0.3) is 0 Å². The van der Waals surface area contributed by atoms with Crippen molar-refractivity contribution in [3.63, 3.8) is 0 Å². The maximum atomic E-state index is 11.5. The van der Waals surface area contributed by atoms with Crippen molar-refractivity contribution in [1.82, 2.24) is 5.32 Å². The van der Waals surface area contributed by atoms with Gasteiger partial charge < -0.3 is 9.47 Å². The van der Waals surface area contributed by atoms with Crippen LogP contribution in [0.3, 0.4) is 0 Å². The topological polar surface area (TPSA) is 47.6 Å². The summed E-state index contributed by atoms with van der Waals surface area (Å²) in [4.78, 5) is 11.5. The molecule has 2 atom stereocenters. The van der Waals surface area contributed by atoms with Gasteiger partial charge in [-0.25, -0.2) is 0 Å². The Morgan fingerprint density at radius 2 is 2.32 bits per heavy atom. The van der Waals surface area contributed by atoms with E-state index in [1.165, 1.54) is 7.11 Å². The number of hydrogen-bond acceptors (Lipinski definition) is 4. The fraction of sp³-hybridized carbons (Fsp3) is 0.533. The normalized spacial score (nSPS) is 19.8. The second kappa shape index (κ2) is 6.06. The number of carbonyl (C=O) groups is 1. The highest BCUT2D eigenvalue weighted by molar-refractivity contribution is 5.75. The summed E-state index contributed by atoms with van der Waals surface area (Å²) in [6, 6.07) is 5.95. The van der Waals surface area contributed by atoms with Crippen LogP contribution in [0.15, 0.2) is 18.2 Å². The maximum absolute atomic E-state index is 11.5. The maximum Gasteiger partial charge on any atom is 0.322 e. The van der Waals surface area contributed by atoms with Gasteiger partial charge in [-0.05, 0) is 32.3 Å². The monoisotopic (exact) mass is 263 g/mol. The minimum Gasteiger partial charge on any atom is -0.493 e. The standard InChI is InChI=1S/C15H21NO3/c1-10-6-4-7-12-13(8-5-9-19-14(10)12)16-11(2)15(17)18-3/h4,6-7,11,13,16H,5,8-9H2,1-3H3/t11-,13?/m0/s1. The van der Waals surface area contributed by atoms with Crippen LogP contribution in [0.25, 0.3) is 0 Å². The molecule has 0 saturated heterocycles. The third-order valence-electron chi connectivity index (χ3n) is 3.51. The molecule has 0 aliphatic carbocycles. The summed E-state index contributed by atoms with van der Waals surface area (Å²) in [6.07, 6.45) is 1.93. The van der Waals surface area contributed by atoms with E-state index >= 15 is 0 Å². The zero-order valence-electron chi connectivity index (χ0n) is 11.7. The number of para-hydroxylation sites is 1. The Morgan fingerprint density at radius 1 is 1.53 bits per heavy atom. The molecule has 1 unspecified atom stereocenters. The highest BCUT2D eigenvalue weighted by atomic mass is 16.5. The van der Waals surface area contributed by atoms with E-state index in [1.807, 2.05) is 26.0 Å². The lowest BCUT2D eigenvalue weighted by molar-refractivity contribution is -0.142. The number of benzene rings is 1. The number of carbonyl (C=O) groups excluding carboxylic acids is 1. The average molecular weight is 263 g/mol. The minimum atomic E-state index is -0.318. The summed E-state index contributed by atoms with van der Waals surface area (Å²) in [7, 11) is 1.41. The predicted octanol–water partition coefficient (Wildman–Crippen LogP) is 2.36. The molecule has 1 N–H and O–H groups in total. The van der Waals surface area contributed by atoms with Crippen molar-refractivity contribution in [2.24, 2.45) is 0 Å². The molecule has 4 heteroatoms. The lowest BCUT2D eigenvalue weighted by Gasteiger charge is -2.22. The Balaban J connectivity index is 2.22. The van der Waals surface area contributed by atoms with E-state index in [-0.39, 0.29) is 18.1 Å². The van der Waals surface area contributed by atoms with E-state index in [9.17, 15) is 4.79 Å². The number of esters is 1. The van der Waals surface area contributed by atoms with E-state index in [4.69, 9.17) is 9.47 Å². The first-order chi connectivity index (χ1) is 9.13. The fourth-order valence-corrected chi connectivity index (χ4v) is 2.48. The van der Waals surface area contributed by atoms with Crippen molar-refractivity contribution in [1.29, 1.82) is 0 Å². The molecule has 2 rings (SSSR count). The summed E-state index contributed by atoms with van der Waals surface area (Å²) in [6.45, 7) is 4.60. The van der Waals surface area contributed by atoms with Crippen LogP contribution < -0.4 is 10.1 Å². The van der Waals surface area contributed by atoms with Crippen molar-refractivity contribution < 1.29 is 14.3 Å². The molecule has 19 heavy (non-hydrogen) atoms. The number of hydrogen-bond donors (Lipinski definition) is 1. The molecular weight excluding hydrogens is 242 g/mol. The summed E-state index contributed by atoms with van der Waals surface area (Å²) < 4.78 is 10.6. The molecule has 0 radical (unpaired) electrons. The quantitative estimate of drug-likeness (QED) is 0.850. The Kier molecular flexibility index (Phi) is 4.43.